The van der Waals surface area contributed by atoms with E-state index < -0.39 is 4.92 Å². The van der Waals surface area contributed by atoms with E-state index in [-0.39, 0.29) is 11.2 Å². The Morgan fingerprint density at radius 2 is 1.93 bits per heavy atom. The van der Waals surface area contributed by atoms with Gasteiger partial charge in [-0.1, -0.05) is 12.1 Å². The minimum atomic E-state index is -0.489. The third kappa shape index (κ3) is 3.92. The van der Waals surface area contributed by atoms with Gasteiger partial charge in [0.25, 0.3) is 11.2 Å². The van der Waals surface area contributed by atoms with Crippen LogP contribution in [-0.2, 0) is 0 Å². The van der Waals surface area contributed by atoms with Crippen LogP contribution in [0.3, 0.4) is 0 Å². The van der Waals surface area contributed by atoms with E-state index in [0.29, 0.717) is 22.4 Å². The van der Waals surface area contributed by atoms with E-state index in [1.807, 2.05) is 18.2 Å². The second kappa shape index (κ2) is 7.92. The first-order valence-electron chi connectivity index (χ1n) is 8.58. The molecule has 0 bridgehead atoms. The number of benzene rings is 2. The van der Waals surface area contributed by atoms with Crippen LogP contribution in [-0.4, -0.2) is 19.5 Å². The van der Waals surface area contributed by atoms with Crippen LogP contribution in [0.1, 0.15) is 11.4 Å². The lowest BCUT2D eigenvalue weighted by atomic mass is 10.2. The molecule has 0 fully saturated rings. The van der Waals surface area contributed by atoms with Crippen LogP contribution in [0.25, 0.3) is 28.7 Å². The van der Waals surface area contributed by atoms with Crippen LogP contribution < -0.4 is 5.56 Å². The minimum Gasteiger partial charge on any atom is -0.268 e. The molecule has 0 atom stereocenters. The fraction of sp³-hybridized carbons (Fsp3) is 0. The first-order chi connectivity index (χ1) is 14.0. The lowest BCUT2D eigenvalue weighted by Crippen LogP contribution is -2.22. The Hall–Kier alpha value is -3.40. The summed E-state index contributed by atoms with van der Waals surface area (Å²) in [4.78, 5) is 32.7. The van der Waals surface area contributed by atoms with Gasteiger partial charge in [-0.15, -0.1) is 0 Å². The number of fused-ring (bicyclic) bond motifs is 1. The van der Waals surface area contributed by atoms with E-state index in [2.05, 4.69) is 32.6 Å². The first-order valence-corrected chi connectivity index (χ1v) is 9.66. The summed E-state index contributed by atoms with van der Waals surface area (Å²) in [7, 11) is 0. The second-order valence-corrected chi connectivity index (χ2v) is 7.41. The molecule has 8 heteroatoms. The summed E-state index contributed by atoms with van der Waals surface area (Å²) in [6, 6.07) is 15.1. The van der Waals surface area contributed by atoms with Gasteiger partial charge in [0.15, 0.2) is 0 Å². The SMILES string of the molecule is O=c1c2cc(I)ccc2nc(C=Cc2cccnc2)n1-c1cccc([N+](=O)[O-])c1. The van der Waals surface area contributed by atoms with Crippen LogP contribution in [0.15, 0.2) is 71.8 Å². The average Bonchev–Trinajstić information content (AvgIpc) is 2.73. The smallest absolute Gasteiger partial charge is 0.268 e. The van der Waals surface area contributed by atoms with Crippen molar-refractivity contribution in [1.29, 1.82) is 0 Å². The zero-order valence-corrected chi connectivity index (χ0v) is 17.1. The van der Waals surface area contributed by atoms with Gasteiger partial charge in [0.2, 0.25) is 0 Å². The van der Waals surface area contributed by atoms with Crippen molar-refractivity contribution in [3.63, 3.8) is 0 Å². The third-order valence-corrected chi connectivity index (χ3v) is 4.94. The highest BCUT2D eigenvalue weighted by atomic mass is 127. The Morgan fingerprint density at radius 1 is 1.07 bits per heavy atom. The minimum absolute atomic E-state index is 0.0978. The van der Waals surface area contributed by atoms with E-state index in [1.165, 1.54) is 16.7 Å². The predicted octanol–water partition coefficient (Wildman–Crippen LogP) is 4.46. The van der Waals surface area contributed by atoms with Gasteiger partial charge < -0.3 is 0 Å². The van der Waals surface area contributed by atoms with Crippen molar-refractivity contribution in [2.75, 3.05) is 0 Å². The van der Waals surface area contributed by atoms with E-state index in [1.54, 1.807) is 48.8 Å². The fourth-order valence-electron chi connectivity index (χ4n) is 2.93. The normalized spacial score (nSPS) is 11.2. The number of halogens is 1. The van der Waals surface area contributed by atoms with Crippen molar-refractivity contribution in [1.82, 2.24) is 14.5 Å². The molecule has 0 amide bonds. The maximum absolute atomic E-state index is 13.3. The van der Waals surface area contributed by atoms with Gasteiger partial charge in [-0.2, -0.15) is 0 Å². The summed E-state index contributed by atoms with van der Waals surface area (Å²) in [5, 5.41) is 11.6. The number of nitro benzene ring substituents is 1. The van der Waals surface area contributed by atoms with Gasteiger partial charge in [0.1, 0.15) is 5.82 Å². The molecule has 4 aromatic rings. The van der Waals surface area contributed by atoms with Crippen molar-refractivity contribution in [2.45, 2.75) is 0 Å². The molecule has 0 N–H and O–H groups in total. The Morgan fingerprint density at radius 3 is 2.69 bits per heavy atom. The molecular formula is C21H13IN4O3. The van der Waals surface area contributed by atoms with Gasteiger partial charge in [-0.3, -0.25) is 24.5 Å². The summed E-state index contributed by atoms with van der Waals surface area (Å²) >= 11 is 2.13. The zero-order valence-electron chi connectivity index (χ0n) is 14.9. The highest BCUT2D eigenvalue weighted by Gasteiger charge is 2.14. The van der Waals surface area contributed by atoms with E-state index in [9.17, 15) is 14.9 Å². The fourth-order valence-corrected chi connectivity index (χ4v) is 3.42. The molecule has 0 spiro atoms. The number of nitrogens with zero attached hydrogens (tertiary/aromatic N) is 4. The van der Waals surface area contributed by atoms with Crippen LogP contribution in [0, 0.1) is 13.7 Å². The third-order valence-electron chi connectivity index (χ3n) is 4.26. The quantitative estimate of drug-likeness (QED) is 0.236. The molecule has 7 nitrogen and oxygen atoms in total. The molecule has 2 aromatic carbocycles. The van der Waals surface area contributed by atoms with Crippen LogP contribution in [0.5, 0.6) is 0 Å². The van der Waals surface area contributed by atoms with Crippen LogP contribution >= 0.6 is 22.6 Å². The van der Waals surface area contributed by atoms with Gasteiger partial charge >= 0.3 is 0 Å². The summed E-state index contributed by atoms with van der Waals surface area (Å²) in [5.41, 5.74) is 1.39. The second-order valence-electron chi connectivity index (χ2n) is 6.17. The van der Waals surface area contributed by atoms with Crippen LogP contribution in [0.2, 0.25) is 0 Å². The molecule has 0 aliphatic carbocycles. The molecule has 2 aromatic heterocycles. The van der Waals surface area contributed by atoms with Crippen molar-refractivity contribution in [3.05, 3.63) is 102 Å². The highest BCUT2D eigenvalue weighted by molar-refractivity contribution is 14.1. The monoisotopic (exact) mass is 496 g/mol. The lowest BCUT2D eigenvalue weighted by Gasteiger charge is -2.11. The number of nitro groups is 1. The molecular weight excluding hydrogens is 483 g/mol. The molecule has 0 saturated heterocycles. The Labute approximate surface area is 178 Å². The molecule has 0 aliphatic heterocycles. The maximum Gasteiger partial charge on any atom is 0.271 e. The summed E-state index contributed by atoms with van der Waals surface area (Å²) in [6.07, 6.45) is 6.86. The molecule has 29 heavy (non-hydrogen) atoms. The Balaban J connectivity index is 1.98. The van der Waals surface area contributed by atoms with Crippen LogP contribution in [0.4, 0.5) is 5.69 Å². The van der Waals surface area contributed by atoms with Gasteiger partial charge in [0.05, 0.1) is 21.5 Å². The molecule has 2 heterocycles. The first kappa shape index (κ1) is 18.9. The highest BCUT2D eigenvalue weighted by Crippen LogP contribution is 2.20. The number of rotatable bonds is 4. The molecule has 4 rings (SSSR count). The summed E-state index contributed by atoms with van der Waals surface area (Å²) < 4.78 is 2.29. The molecule has 0 radical (unpaired) electrons. The van der Waals surface area contributed by atoms with E-state index >= 15 is 0 Å². The van der Waals surface area contributed by atoms with Crippen molar-refractivity contribution in [2.24, 2.45) is 0 Å². The molecule has 0 unspecified atom stereocenters. The Kier molecular flexibility index (Phi) is 5.17. The predicted molar refractivity (Wildman–Crippen MR) is 120 cm³/mol. The van der Waals surface area contributed by atoms with Gasteiger partial charge in [0, 0.05) is 28.1 Å². The Bertz CT molecular complexity index is 1320. The number of hydrogen-bond donors (Lipinski definition) is 0. The van der Waals surface area contributed by atoms with Crippen molar-refractivity contribution in [3.8, 4) is 5.69 Å². The van der Waals surface area contributed by atoms with Gasteiger partial charge in [-0.05, 0) is 70.6 Å². The molecule has 0 saturated carbocycles. The summed E-state index contributed by atoms with van der Waals surface area (Å²) in [6.45, 7) is 0. The van der Waals surface area contributed by atoms with E-state index in [0.717, 1.165) is 9.13 Å². The lowest BCUT2D eigenvalue weighted by molar-refractivity contribution is -0.384. The standard InChI is InChI=1S/C21H13IN4O3/c22-15-7-8-19-18(11-15)21(27)25(16-4-1-5-17(12-16)26(28)29)20(24-19)9-6-14-3-2-10-23-13-14/h1-13H. The largest absolute Gasteiger partial charge is 0.271 e. The number of non-ortho nitro benzene ring substituents is 1. The molecule has 142 valence electrons. The number of aromatic nitrogens is 3. The summed E-state index contributed by atoms with van der Waals surface area (Å²) in [5.74, 6) is 0.369. The average molecular weight is 496 g/mol. The molecule has 0 aliphatic rings. The van der Waals surface area contributed by atoms with E-state index in [4.69, 9.17) is 0 Å². The van der Waals surface area contributed by atoms with Crippen molar-refractivity contribution < 1.29 is 4.92 Å². The maximum atomic E-state index is 13.3. The topological polar surface area (TPSA) is 90.9 Å². The number of pyridine rings is 1. The van der Waals surface area contributed by atoms with Gasteiger partial charge in [-0.25, -0.2) is 4.98 Å². The van der Waals surface area contributed by atoms with Crippen molar-refractivity contribution >= 4 is 51.3 Å². The zero-order chi connectivity index (χ0) is 20.4. The number of hydrogen-bond acceptors (Lipinski definition) is 5.